The Morgan fingerprint density at radius 2 is 1.89 bits per heavy atom. The largest absolute Gasteiger partial charge is 0.352 e. The average Bonchev–Trinajstić information content (AvgIpc) is 2.72. The van der Waals surface area contributed by atoms with E-state index in [0.717, 1.165) is 48.5 Å². The van der Waals surface area contributed by atoms with Crippen LogP contribution in [0.4, 0.5) is 11.8 Å². The smallest absolute Gasteiger partial charge is 0.225 e. The fraction of sp³-hybridized carbons (Fsp3) is 0.273. The van der Waals surface area contributed by atoms with Crippen LogP contribution >= 0.6 is 15.9 Å². The first-order valence-corrected chi connectivity index (χ1v) is 10.2. The molecule has 2 aromatic carbocycles. The second-order valence-electron chi connectivity index (χ2n) is 6.82. The topological polar surface area (TPSA) is 41.1 Å². The summed E-state index contributed by atoms with van der Waals surface area (Å²) in [6, 6.07) is 19.0. The number of aromatic nitrogens is 2. The molecule has 0 radical (unpaired) electrons. The predicted molar refractivity (Wildman–Crippen MR) is 114 cm³/mol. The van der Waals surface area contributed by atoms with Crippen molar-refractivity contribution in [3.63, 3.8) is 0 Å². The zero-order chi connectivity index (χ0) is 18.6. The minimum Gasteiger partial charge on any atom is -0.352 e. The number of hydrogen-bond donors (Lipinski definition) is 1. The van der Waals surface area contributed by atoms with Gasteiger partial charge >= 0.3 is 0 Å². The van der Waals surface area contributed by atoms with Crippen molar-refractivity contribution < 1.29 is 0 Å². The van der Waals surface area contributed by atoms with Crippen LogP contribution in [0.5, 0.6) is 0 Å². The molecule has 0 fully saturated rings. The van der Waals surface area contributed by atoms with E-state index in [4.69, 9.17) is 4.98 Å². The van der Waals surface area contributed by atoms with Gasteiger partial charge in [-0.05, 0) is 41.7 Å². The van der Waals surface area contributed by atoms with Crippen molar-refractivity contribution in [2.45, 2.75) is 32.9 Å². The van der Waals surface area contributed by atoms with Crippen LogP contribution in [-0.4, -0.2) is 16.5 Å². The molecule has 5 heteroatoms. The third kappa shape index (κ3) is 4.30. The van der Waals surface area contributed by atoms with E-state index < -0.39 is 0 Å². The van der Waals surface area contributed by atoms with Crippen LogP contribution in [-0.2, 0) is 25.9 Å². The first kappa shape index (κ1) is 18.0. The maximum atomic E-state index is 4.81. The highest BCUT2D eigenvalue weighted by Gasteiger charge is 2.19. The van der Waals surface area contributed by atoms with Crippen LogP contribution < -0.4 is 10.2 Å². The molecule has 1 N–H and O–H groups in total. The molecular weight excluding hydrogens is 400 g/mol. The second-order valence-corrected chi connectivity index (χ2v) is 7.73. The highest BCUT2D eigenvalue weighted by molar-refractivity contribution is 9.10. The summed E-state index contributed by atoms with van der Waals surface area (Å²) < 4.78 is 1.15. The Balaban J connectivity index is 1.54. The van der Waals surface area contributed by atoms with Crippen LogP contribution in [0, 0.1) is 0 Å². The van der Waals surface area contributed by atoms with Gasteiger partial charge in [-0.1, -0.05) is 59.3 Å². The van der Waals surface area contributed by atoms with Gasteiger partial charge in [0.1, 0.15) is 5.82 Å². The summed E-state index contributed by atoms with van der Waals surface area (Å²) >= 11 is 3.57. The quantitative estimate of drug-likeness (QED) is 0.629. The molecule has 3 aromatic rings. The molecule has 27 heavy (non-hydrogen) atoms. The summed E-state index contributed by atoms with van der Waals surface area (Å²) in [6.45, 7) is 4.73. The Hall–Kier alpha value is -2.40. The lowest BCUT2D eigenvalue weighted by Gasteiger charge is -2.30. The standard InChI is InChI=1S/C22H23BrN4/c1-2-20-13-21(26-22(25-20)24-14-16-6-4-3-5-7-16)27-11-10-17-12-19(23)9-8-18(17)15-27/h3-9,12-13H,2,10-11,14-15H2,1H3,(H,24,25,26). The van der Waals surface area contributed by atoms with Crippen LogP contribution in [0.2, 0.25) is 0 Å². The summed E-state index contributed by atoms with van der Waals surface area (Å²) in [7, 11) is 0. The summed E-state index contributed by atoms with van der Waals surface area (Å²) in [5, 5.41) is 3.39. The first-order chi connectivity index (χ1) is 13.2. The van der Waals surface area contributed by atoms with E-state index in [2.05, 4.69) is 86.6 Å². The molecule has 0 spiro atoms. The minimum absolute atomic E-state index is 0.704. The number of nitrogens with one attached hydrogen (secondary N) is 1. The molecule has 0 bridgehead atoms. The predicted octanol–water partition coefficient (Wildman–Crippen LogP) is 4.98. The highest BCUT2D eigenvalue weighted by atomic mass is 79.9. The van der Waals surface area contributed by atoms with Gasteiger partial charge in [0.25, 0.3) is 0 Å². The molecule has 4 nitrogen and oxygen atoms in total. The molecule has 0 atom stereocenters. The number of fused-ring (bicyclic) bond motifs is 1. The third-order valence-corrected chi connectivity index (χ3v) is 5.42. The Bertz CT molecular complexity index is 927. The lowest BCUT2D eigenvalue weighted by atomic mass is 10.00. The van der Waals surface area contributed by atoms with E-state index in [1.54, 1.807) is 0 Å². The van der Waals surface area contributed by atoms with Crippen molar-refractivity contribution in [1.82, 2.24) is 9.97 Å². The van der Waals surface area contributed by atoms with Crippen molar-refractivity contribution in [3.8, 4) is 0 Å². The fourth-order valence-corrected chi connectivity index (χ4v) is 3.81. The van der Waals surface area contributed by atoms with Gasteiger partial charge in [-0.2, -0.15) is 4.98 Å². The van der Waals surface area contributed by atoms with Gasteiger partial charge in [-0.25, -0.2) is 4.98 Å². The monoisotopic (exact) mass is 422 g/mol. The number of rotatable bonds is 5. The molecule has 138 valence electrons. The Morgan fingerprint density at radius 1 is 1.04 bits per heavy atom. The van der Waals surface area contributed by atoms with E-state index in [9.17, 15) is 0 Å². The summed E-state index contributed by atoms with van der Waals surface area (Å²) in [4.78, 5) is 11.8. The summed E-state index contributed by atoms with van der Waals surface area (Å²) in [6.07, 6.45) is 1.93. The molecule has 0 saturated carbocycles. The number of aryl methyl sites for hydroxylation is 1. The van der Waals surface area contributed by atoms with Gasteiger partial charge in [0, 0.05) is 35.9 Å². The Labute approximate surface area is 168 Å². The van der Waals surface area contributed by atoms with Gasteiger partial charge in [-0.15, -0.1) is 0 Å². The molecule has 0 amide bonds. The lowest BCUT2D eigenvalue weighted by Crippen LogP contribution is -2.31. The van der Waals surface area contributed by atoms with Crippen LogP contribution in [0.25, 0.3) is 0 Å². The van der Waals surface area contributed by atoms with Crippen molar-refractivity contribution in [2.24, 2.45) is 0 Å². The first-order valence-electron chi connectivity index (χ1n) is 9.39. The molecular formula is C22H23BrN4. The van der Waals surface area contributed by atoms with Crippen LogP contribution in [0.15, 0.2) is 59.1 Å². The third-order valence-electron chi connectivity index (χ3n) is 4.93. The summed E-state index contributed by atoms with van der Waals surface area (Å²) in [5.41, 5.74) is 5.09. The van der Waals surface area contributed by atoms with Gasteiger partial charge in [0.2, 0.25) is 5.95 Å². The fourth-order valence-electron chi connectivity index (χ4n) is 3.40. The molecule has 1 aliphatic heterocycles. The summed E-state index contributed by atoms with van der Waals surface area (Å²) in [5.74, 6) is 1.71. The van der Waals surface area contributed by atoms with E-state index in [1.807, 2.05) is 6.07 Å². The second kappa shape index (κ2) is 8.09. The van der Waals surface area contributed by atoms with Crippen LogP contribution in [0.1, 0.15) is 29.3 Å². The highest BCUT2D eigenvalue weighted by Crippen LogP contribution is 2.26. The van der Waals surface area contributed by atoms with Gasteiger partial charge in [0.05, 0.1) is 0 Å². The van der Waals surface area contributed by atoms with Crippen molar-refractivity contribution >= 4 is 27.7 Å². The Kier molecular flexibility index (Phi) is 5.39. The number of halogens is 1. The molecule has 1 aliphatic rings. The van der Waals surface area contributed by atoms with E-state index in [-0.39, 0.29) is 0 Å². The number of hydrogen-bond acceptors (Lipinski definition) is 4. The average molecular weight is 423 g/mol. The molecule has 0 aliphatic carbocycles. The van der Waals surface area contributed by atoms with E-state index >= 15 is 0 Å². The van der Waals surface area contributed by atoms with Crippen LogP contribution in [0.3, 0.4) is 0 Å². The SMILES string of the molecule is CCc1cc(N2CCc3cc(Br)ccc3C2)nc(NCc2ccccc2)n1. The van der Waals surface area contributed by atoms with Gasteiger partial charge < -0.3 is 10.2 Å². The normalized spacial score (nSPS) is 13.3. The van der Waals surface area contributed by atoms with Gasteiger partial charge in [0.15, 0.2) is 0 Å². The van der Waals surface area contributed by atoms with E-state index in [1.165, 1.54) is 16.7 Å². The molecule has 2 heterocycles. The number of anilines is 2. The number of nitrogens with zero attached hydrogens (tertiary/aromatic N) is 3. The minimum atomic E-state index is 0.704. The lowest BCUT2D eigenvalue weighted by molar-refractivity contribution is 0.717. The molecule has 0 unspecified atom stereocenters. The van der Waals surface area contributed by atoms with Crippen molar-refractivity contribution in [1.29, 1.82) is 0 Å². The molecule has 0 saturated heterocycles. The van der Waals surface area contributed by atoms with Crippen molar-refractivity contribution in [3.05, 3.63) is 81.5 Å². The van der Waals surface area contributed by atoms with Gasteiger partial charge in [-0.3, -0.25) is 0 Å². The number of benzene rings is 2. The van der Waals surface area contributed by atoms with E-state index in [0.29, 0.717) is 5.95 Å². The Morgan fingerprint density at radius 3 is 2.70 bits per heavy atom. The zero-order valence-corrected chi connectivity index (χ0v) is 17.0. The maximum Gasteiger partial charge on any atom is 0.225 e. The zero-order valence-electron chi connectivity index (χ0n) is 15.5. The van der Waals surface area contributed by atoms with Crippen molar-refractivity contribution in [2.75, 3.05) is 16.8 Å². The maximum absolute atomic E-state index is 4.81. The molecule has 1 aromatic heterocycles. The molecule has 4 rings (SSSR count).